The number of aromatic amines is 1. The Labute approximate surface area is 192 Å². The summed E-state index contributed by atoms with van der Waals surface area (Å²) in [6.07, 6.45) is -13.7. The quantitative estimate of drug-likeness (QED) is 0.219. The molecule has 0 bridgehead atoms. The molecule has 0 spiro atoms. The minimum Gasteiger partial charge on any atom is -0.460 e. The van der Waals surface area contributed by atoms with Gasteiger partial charge >= 0.3 is 0 Å². The molecule has 4 rings (SSSR count). The number of fused-ring (bicyclic) bond motifs is 1. The highest BCUT2D eigenvalue weighted by atomic mass is 35.5. The second-order valence-corrected chi connectivity index (χ2v) is 8.40. The summed E-state index contributed by atoms with van der Waals surface area (Å²) in [4.78, 5) is 2.96. The number of hydrogen-bond acceptors (Lipinski definition) is 11. The van der Waals surface area contributed by atoms with E-state index >= 15 is 0 Å². The van der Waals surface area contributed by atoms with Crippen LogP contribution in [0.3, 0.4) is 0 Å². The van der Waals surface area contributed by atoms with Crippen LogP contribution in [0.15, 0.2) is 24.4 Å². The first-order chi connectivity index (χ1) is 15.7. The Morgan fingerprint density at radius 2 is 1.52 bits per heavy atom. The van der Waals surface area contributed by atoms with Gasteiger partial charge in [-0.1, -0.05) is 11.6 Å². The highest BCUT2D eigenvalue weighted by molar-refractivity contribution is 6.31. The van der Waals surface area contributed by atoms with Gasteiger partial charge < -0.3 is 59.7 Å². The maximum atomic E-state index is 10.7. The molecule has 2 saturated heterocycles. The summed E-state index contributed by atoms with van der Waals surface area (Å²) in [7, 11) is 0. The van der Waals surface area contributed by atoms with E-state index in [0.717, 1.165) is 0 Å². The largest absolute Gasteiger partial charge is 0.460 e. The second-order valence-electron chi connectivity index (χ2n) is 7.97. The molecule has 184 valence electrons. The van der Waals surface area contributed by atoms with Gasteiger partial charge in [-0.3, -0.25) is 0 Å². The normalized spacial score (nSPS) is 39.6. The Kier molecular flexibility index (Phi) is 7.43. The van der Waals surface area contributed by atoms with Crippen LogP contribution in [0, 0.1) is 0 Å². The van der Waals surface area contributed by atoms with E-state index in [1.165, 1.54) is 6.20 Å². The van der Waals surface area contributed by atoms with E-state index in [2.05, 4.69) is 4.98 Å². The summed E-state index contributed by atoms with van der Waals surface area (Å²) in [5, 5.41) is 71.5. The SMILES string of the molecule is OC[C@H]1O[C@@H](O[C@H]2[C@@H](O)[C@@H](O)[C@H](Oc3c[nH]c4cc(Cl)ccc34)O[C@@H]2CO)[C@H](O)[C@H](O)[C@@H]1O. The highest BCUT2D eigenvalue weighted by Crippen LogP contribution is 2.33. The molecule has 2 aliphatic heterocycles. The van der Waals surface area contributed by atoms with Crippen molar-refractivity contribution < 1.29 is 54.7 Å². The van der Waals surface area contributed by atoms with Crippen molar-refractivity contribution in [1.29, 1.82) is 0 Å². The molecule has 12 nitrogen and oxygen atoms in total. The Morgan fingerprint density at radius 1 is 0.848 bits per heavy atom. The van der Waals surface area contributed by atoms with E-state index in [1.54, 1.807) is 18.2 Å². The molecular formula is C20H26ClNO11. The number of aromatic nitrogens is 1. The predicted octanol–water partition coefficient (Wildman–Crippen LogP) is -2.18. The average Bonchev–Trinajstić information content (AvgIpc) is 3.20. The number of hydrogen-bond donors (Lipinski definition) is 8. The van der Waals surface area contributed by atoms with E-state index < -0.39 is 74.6 Å². The molecule has 33 heavy (non-hydrogen) atoms. The van der Waals surface area contributed by atoms with Crippen LogP contribution in [0.4, 0.5) is 0 Å². The lowest BCUT2D eigenvalue weighted by atomic mass is 9.97. The molecule has 2 aromatic rings. The van der Waals surface area contributed by atoms with Crippen LogP contribution in [-0.4, -0.2) is 115 Å². The van der Waals surface area contributed by atoms with Gasteiger partial charge in [0.2, 0.25) is 6.29 Å². The van der Waals surface area contributed by atoms with Crippen molar-refractivity contribution in [1.82, 2.24) is 4.98 Å². The van der Waals surface area contributed by atoms with Crippen molar-refractivity contribution in [2.24, 2.45) is 0 Å². The molecule has 0 amide bonds. The standard InChI is InChI=1S/C20H26ClNO11/c21-7-1-2-8-9(3-7)22-4-10(8)30-19-17(29)15(27)18(12(6-24)32-19)33-20-16(28)14(26)13(25)11(5-23)31-20/h1-4,11-20,22-29H,5-6H2/t11-,12-,13-,14-,15+,16-,17-,18-,19-,20+/m1/s1. The molecule has 3 heterocycles. The summed E-state index contributed by atoms with van der Waals surface area (Å²) in [6.45, 7) is -1.33. The third-order valence-corrected chi connectivity index (χ3v) is 6.04. The third kappa shape index (κ3) is 4.70. The Balaban J connectivity index is 1.49. The van der Waals surface area contributed by atoms with Crippen molar-refractivity contribution in [2.45, 2.75) is 61.4 Å². The van der Waals surface area contributed by atoms with E-state index in [-0.39, 0.29) is 0 Å². The van der Waals surface area contributed by atoms with Crippen LogP contribution in [0.5, 0.6) is 5.75 Å². The summed E-state index contributed by atoms with van der Waals surface area (Å²) < 4.78 is 22.1. The molecule has 10 atom stereocenters. The van der Waals surface area contributed by atoms with Gasteiger partial charge in [-0.2, -0.15) is 0 Å². The van der Waals surface area contributed by atoms with Gasteiger partial charge in [0.05, 0.1) is 18.7 Å². The molecular weight excluding hydrogens is 466 g/mol. The van der Waals surface area contributed by atoms with Crippen LogP contribution in [0.2, 0.25) is 5.02 Å². The monoisotopic (exact) mass is 491 g/mol. The van der Waals surface area contributed by atoms with Crippen molar-refractivity contribution in [3.8, 4) is 5.75 Å². The number of H-pyrrole nitrogens is 1. The first-order valence-corrected chi connectivity index (χ1v) is 10.6. The number of benzene rings is 1. The lowest BCUT2D eigenvalue weighted by molar-refractivity contribution is -0.352. The van der Waals surface area contributed by atoms with Gasteiger partial charge in [-0.15, -0.1) is 0 Å². The van der Waals surface area contributed by atoms with Crippen molar-refractivity contribution in [3.05, 3.63) is 29.4 Å². The van der Waals surface area contributed by atoms with E-state index in [4.69, 9.17) is 30.5 Å². The Bertz CT molecular complexity index is 940. The molecule has 2 fully saturated rings. The summed E-state index contributed by atoms with van der Waals surface area (Å²) in [5.41, 5.74) is 0.672. The van der Waals surface area contributed by atoms with Crippen LogP contribution in [0.25, 0.3) is 10.9 Å². The average molecular weight is 492 g/mol. The minimum atomic E-state index is -1.74. The number of halogens is 1. The maximum Gasteiger partial charge on any atom is 0.229 e. The fourth-order valence-corrected chi connectivity index (χ4v) is 4.12. The first-order valence-electron chi connectivity index (χ1n) is 10.3. The molecule has 0 unspecified atom stereocenters. The number of nitrogens with one attached hydrogen (secondary N) is 1. The van der Waals surface area contributed by atoms with E-state index in [0.29, 0.717) is 21.7 Å². The van der Waals surface area contributed by atoms with Crippen LogP contribution >= 0.6 is 11.6 Å². The zero-order valence-corrected chi connectivity index (χ0v) is 17.9. The van der Waals surface area contributed by atoms with Crippen molar-refractivity contribution in [3.63, 3.8) is 0 Å². The van der Waals surface area contributed by atoms with Gasteiger partial charge in [0.25, 0.3) is 0 Å². The first kappa shape index (κ1) is 24.6. The van der Waals surface area contributed by atoms with E-state index in [9.17, 15) is 35.7 Å². The summed E-state index contributed by atoms with van der Waals surface area (Å²) in [5.74, 6) is 0.308. The fourth-order valence-electron chi connectivity index (χ4n) is 3.95. The lowest BCUT2D eigenvalue weighted by Crippen LogP contribution is -2.65. The third-order valence-electron chi connectivity index (χ3n) is 5.81. The van der Waals surface area contributed by atoms with Crippen LogP contribution < -0.4 is 4.74 Å². The number of rotatable bonds is 6. The van der Waals surface area contributed by atoms with Crippen LogP contribution in [-0.2, 0) is 14.2 Å². The fraction of sp³-hybridized carbons (Fsp3) is 0.600. The van der Waals surface area contributed by atoms with Gasteiger partial charge in [0, 0.05) is 16.6 Å². The van der Waals surface area contributed by atoms with Gasteiger partial charge in [0.15, 0.2) is 6.29 Å². The Morgan fingerprint density at radius 3 is 2.21 bits per heavy atom. The highest BCUT2D eigenvalue weighted by Gasteiger charge is 2.51. The maximum absolute atomic E-state index is 10.7. The molecule has 13 heteroatoms. The molecule has 2 aliphatic rings. The topological polar surface area (TPSA) is 194 Å². The second kappa shape index (κ2) is 9.98. The lowest BCUT2D eigenvalue weighted by Gasteiger charge is -2.45. The molecule has 0 saturated carbocycles. The van der Waals surface area contributed by atoms with Crippen molar-refractivity contribution >= 4 is 22.5 Å². The van der Waals surface area contributed by atoms with Crippen molar-refractivity contribution in [2.75, 3.05) is 13.2 Å². The summed E-state index contributed by atoms with van der Waals surface area (Å²) in [6, 6.07) is 5.03. The van der Waals surface area contributed by atoms with Gasteiger partial charge in [0.1, 0.15) is 54.6 Å². The van der Waals surface area contributed by atoms with Gasteiger partial charge in [-0.25, -0.2) is 0 Å². The number of aliphatic hydroxyl groups excluding tert-OH is 7. The van der Waals surface area contributed by atoms with Crippen LogP contribution in [0.1, 0.15) is 0 Å². The Hall–Kier alpha value is -1.55. The zero-order chi connectivity index (χ0) is 23.9. The minimum absolute atomic E-state index is 0.308. The number of ether oxygens (including phenoxy) is 4. The molecule has 1 aromatic carbocycles. The number of aliphatic hydroxyl groups is 7. The van der Waals surface area contributed by atoms with Gasteiger partial charge in [-0.05, 0) is 18.2 Å². The zero-order valence-electron chi connectivity index (χ0n) is 17.1. The molecule has 0 aliphatic carbocycles. The predicted molar refractivity (Wildman–Crippen MR) is 110 cm³/mol. The molecule has 0 radical (unpaired) electrons. The summed E-state index contributed by atoms with van der Waals surface area (Å²) >= 11 is 5.97. The molecule has 1 aromatic heterocycles. The van der Waals surface area contributed by atoms with E-state index in [1.807, 2.05) is 0 Å². The smallest absolute Gasteiger partial charge is 0.229 e. The molecule has 8 N–H and O–H groups in total.